The van der Waals surface area contributed by atoms with Crippen LogP contribution >= 0.6 is 23.5 Å². The van der Waals surface area contributed by atoms with Crippen LogP contribution in [0.3, 0.4) is 0 Å². The molecule has 0 aliphatic carbocycles. The average Bonchev–Trinajstić information content (AvgIpc) is 2.45. The van der Waals surface area contributed by atoms with Crippen LogP contribution in [0.1, 0.15) is 36.6 Å². The van der Waals surface area contributed by atoms with Crippen LogP contribution < -0.4 is 0 Å². The minimum absolute atomic E-state index is 0.120. The summed E-state index contributed by atoms with van der Waals surface area (Å²) < 4.78 is 0. The second-order valence-electron chi connectivity index (χ2n) is 5.06. The van der Waals surface area contributed by atoms with Gasteiger partial charge in [0, 0.05) is 17.1 Å². The first-order chi connectivity index (χ1) is 10.1. The average molecular weight is 320 g/mol. The lowest BCUT2D eigenvalue weighted by Crippen LogP contribution is -2.05. The summed E-state index contributed by atoms with van der Waals surface area (Å²) in [6, 6.07) is 10.2. The van der Waals surface area contributed by atoms with Crippen molar-refractivity contribution in [3.05, 3.63) is 47.2 Å². The summed E-state index contributed by atoms with van der Waals surface area (Å²) in [4.78, 5) is 8.89. The summed E-state index contributed by atoms with van der Waals surface area (Å²) in [5, 5.41) is 11.8. The molecule has 0 bridgehead atoms. The predicted octanol–water partition coefficient (Wildman–Crippen LogP) is 4.31. The van der Waals surface area contributed by atoms with Crippen LogP contribution in [0.2, 0.25) is 0 Å². The summed E-state index contributed by atoms with van der Waals surface area (Å²) in [7, 11) is 0. The third-order valence-corrected chi connectivity index (χ3v) is 4.94. The van der Waals surface area contributed by atoms with Crippen molar-refractivity contribution < 1.29 is 5.11 Å². The Kier molecular flexibility index (Phi) is 5.94. The van der Waals surface area contributed by atoms with Gasteiger partial charge in [0.05, 0.1) is 5.69 Å². The third-order valence-electron chi connectivity index (χ3n) is 3.08. The molecule has 0 spiro atoms. The van der Waals surface area contributed by atoms with E-state index >= 15 is 0 Å². The predicted molar refractivity (Wildman–Crippen MR) is 91.3 cm³/mol. The molecule has 1 aromatic heterocycles. The number of aromatic hydroxyl groups is 1. The maximum Gasteiger partial charge on any atom is 0.218 e. The van der Waals surface area contributed by atoms with E-state index < -0.39 is 0 Å². The quantitative estimate of drug-likeness (QED) is 0.488. The maximum atomic E-state index is 10.2. The van der Waals surface area contributed by atoms with Gasteiger partial charge in [-0.25, -0.2) is 4.98 Å². The molecule has 0 aliphatic heterocycles. The molecule has 21 heavy (non-hydrogen) atoms. The van der Waals surface area contributed by atoms with Gasteiger partial charge in [-0.3, -0.25) is 0 Å². The Labute approximate surface area is 134 Å². The number of thioether (sulfide) groups is 2. The second-order valence-corrected chi connectivity index (χ2v) is 7.23. The van der Waals surface area contributed by atoms with Crippen LogP contribution in [-0.4, -0.2) is 26.4 Å². The SMILES string of the molecule is CSCSc1nc(O)c(C(C)C)c(Cc2ccccc2)n1. The largest absolute Gasteiger partial charge is 0.493 e. The fourth-order valence-corrected chi connectivity index (χ4v) is 3.39. The molecule has 3 nitrogen and oxygen atoms in total. The summed E-state index contributed by atoms with van der Waals surface area (Å²) in [5.74, 6) is 0.317. The highest BCUT2D eigenvalue weighted by atomic mass is 32.2. The highest BCUT2D eigenvalue weighted by Gasteiger charge is 2.17. The van der Waals surface area contributed by atoms with Crippen LogP contribution in [0, 0.1) is 0 Å². The van der Waals surface area contributed by atoms with Crippen LogP contribution in [0.5, 0.6) is 5.88 Å². The van der Waals surface area contributed by atoms with E-state index in [1.807, 2.05) is 24.5 Å². The standard InChI is InChI=1S/C16H20N2OS2/c1-11(2)14-13(9-12-7-5-4-6-8-12)17-16(18-15(14)19)21-10-20-3/h4-8,11H,9-10H2,1-3H3,(H,17,18,19). The van der Waals surface area contributed by atoms with E-state index in [4.69, 9.17) is 0 Å². The van der Waals surface area contributed by atoms with Crippen molar-refractivity contribution >= 4 is 23.5 Å². The van der Waals surface area contributed by atoms with E-state index in [1.165, 1.54) is 5.56 Å². The Morgan fingerprint density at radius 2 is 1.86 bits per heavy atom. The molecule has 0 unspecified atom stereocenters. The first-order valence-corrected chi connectivity index (χ1v) is 9.25. The highest BCUT2D eigenvalue weighted by Crippen LogP contribution is 2.30. The van der Waals surface area contributed by atoms with Crippen molar-refractivity contribution in [3.8, 4) is 5.88 Å². The fraction of sp³-hybridized carbons (Fsp3) is 0.375. The normalized spacial score (nSPS) is 11.0. The lowest BCUT2D eigenvalue weighted by Gasteiger charge is -2.14. The molecule has 0 amide bonds. The molecule has 0 atom stereocenters. The van der Waals surface area contributed by atoms with Gasteiger partial charge in [-0.2, -0.15) is 16.7 Å². The van der Waals surface area contributed by atoms with Gasteiger partial charge in [0.2, 0.25) is 5.88 Å². The van der Waals surface area contributed by atoms with Gasteiger partial charge < -0.3 is 5.11 Å². The van der Waals surface area contributed by atoms with E-state index in [1.54, 1.807) is 23.5 Å². The zero-order chi connectivity index (χ0) is 15.2. The minimum Gasteiger partial charge on any atom is -0.493 e. The van der Waals surface area contributed by atoms with Gasteiger partial charge in [0.25, 0.3) is 0 Å². The lowest BCUT2D eigenvalue weighted by atomic mass is 9.98. The molecule has 0 aliphatic rings. The summed E-state index contributed by atoms with van der Waals surface area (Å²) in [5.41, 5.74) is 2.97. The van der Waals surface area contributed by atoms with Crippen molar-refractivity contribution in [2.24, 2.45) is 0 Å². The second kappa shape index (κ2) is 7.71. The number of hydrogen-bond acceptors (Lipinski definition) is 5. The molecule has 112 valence electrons. The van der Waals surface area contributed by atoms with Gasteiger partial charge in [-0.1, -0.05) is 55.9 Å². The van der Waals surface area contributed by atoms with E-state index in [0.29, 0.717) is 5.16 Å². The molecule has 0 radical (unpaired) electrons. The molecular formula is C16H20N2OS2. The Bertz CT molecular complexity index is 588. The van der Waals surface area contributed by atoms with Crippen LogP contribution in [0.15, 0.2) is 35.5 Å². The van der Waals surface area contributed by atoms with Crippen LogP contribution in [0.25, 0.3) is 0 Å². The van der Waals surface area contributed by atoms with Gasteiger partial charge in [0.15, 0.2) is 5.16 Å². The summed E-state index contributed by atoms with van der Waals surface area (Å²) in [6.07, 6.45) is 2.76. The zero-order valence-electron chi connectivity index (χ0n) is 12.5. The third kappa shape index (κ3) is 4.38. The van der Waals surface area contributed by atoms with E-state index in [2.05, 4.69) is 35.9 Å². The zero-order valence-corrected chi connectivity index (χ0v) is 14.2. The number of nitrogens with zero attached hydrogens (tertiary/aromatic N) is 2. The van der Waals surface area contributed by atoms with Crippen molar-refractivity contribution in [1.82, 2.24) is 9.97 Å². The van der Waals surface area contributed by atoms with Crippen molar-refractivity contribution in [2.75, 3.05) is 11.3 Å². The molecule has 1 heterocycles. The summed E-state index contributed by atoms with van der Waals surface area (Å²) in [6.45, 7) is 4.11. The topological polar surface area (TPSA) is 46.0 Å². The first-order valence-electron chi connectivity index (χ1n) is 6.87. The number of rotatable bonds is 6. The summed E-state index contributed by atoms with van der Waals surface area (Å²) >= 11 is 3.28. The first kappa shape index (κ1) is 16.2. The molecule has 1 N–H and O–H groups in total. The lowest BCUT2D eigenvalue weighted by molar-refractivity contribution is 0.432. The van der Waals surface area contributed by atoms with Crippen LogP contribution in [-0.2, 0) is 6.42 Å². The van der Waals surface area contributed by atoms with Gasteiger partial charge >= 0.3 is 0 Å². The number of hydrogen-bond donors (Lipinski definition) is 1. The van der Waals surface area contributed by atoms with E-state index in [-0.39, 0.29) is 11.8 Å². The van der Waals surface area contributed by atoms with E-state index in [0.717, 1.165) is 22.8 Å². The Morgan fingerprint density at radius 3 is 2.48 bits per heavy atom. The molecule has 0 saturated heterocycles. The molecule has 2 rings (SSSR count). The van der Waals surface area contributed by atoms with E-state index in [9.17, 15) is 5.11 Å². The molecule has 0 saturated carbocycles. The smallest absolute Gasteiger partial charge is 0.218 e. The number of aromatic nitrogens is 2. The van der Waals surface area contributed by atoms with Gasteiger partial charge in [-0.15, -0.1) is 0 Å². The highest BCUT2D eigenvalue weighted by molar-refractivity contribution is 8.15. The van der Waals surface area contributed by atoms with Crippen molar-refractivity contribution in [3.63, 3.8) is 0 Å². The van der Waals surface area contributed by atoms with Crippen molar-refractivity contribution in [1.29, 1.82) is 0 Å². The Hall–Kier alpha value is -1.20. The van der Waals surface area contributed by atoms with Gasteiger partial charge in [0.1, 0.15) is 0 Å². The Morgan fingerprint density at radius 1 is 1.14 bits per heavy atom. The van der Waals surface area contributed by atoms with Gasteiger partial charge in [-0.05, 0) is 17.7 Å². The maximum absolute atomic E-state index is 10.2. The minimum atomic E-state index is 0.120. The Balaban J connectivity index is 2.37. The molecule has 0 fully saturated rings. The van der Waals surface area contributed by atoms with Crippen LogP contribution in [0.4, 0.5) is 0 Å². The molecule has 1 aromatic carbocycles. The molecule has 5 heteroatoms. The molecular weight excluding hydrogens is 300 g/mol. The van der Waals surface area contributed by atoms with Crippen molar-refractivity contribution in [2.45, 2.75) is 31.3 Å². The monoisotopic (exact) mass is 320 g/mol. The molecule has 2 aromatic rings. The fourth-order valence-electron chi connectivity index (χ4n) is 2.17. The number of benzene rings is 1.